The van der Waals surface area contributed by atoms with Gasteiger partial charge in [-0.25, -0.2) is 0 Å². The van der Waals surface area contributed by atoms with Crippen LogP contribution in [-0.4, -0.2) is 11.1 Å². The van der Waals surface area contributed by atoms with E-state index in [2.05, 4.69) is 45.1 Å². The highest BCUT2D eigenvalue weighted by molar-refractivity contribution is 5.66. The van der Waals surface area contributed by atoms with Gasteiger partial charge in [0.25, 0.3) is 0 Å². The zero-order valence-corrected chi connectivity index (χ0v) is 16.2. The molecule has 1 N–H and O–H groups in total. The number of carboxylic acids is 1. The molecule has 2 heteroatoms. The number of carbonyl (C=O) groups is 1. The average molecular weight is 335 g/mol. The SMILES string of the molecule is CCCCCC(C)=CCC=C(C)CC=CCCCCCCC(=O)O. The van der Waals surface area contributed by atoms with Gasteiger partial charge in [-0.05, 0) is 58.8 Å². The van der Waals surface area contributed by atoms with Crippen molar-refractivity contribution in [3.8, 4) is 0 Å². The van der Waals surface area contributed by atoms with Crippen LogP contribution in [0.2, 0.25) is 0 Å². The topological polar surface area (TPSA) is 37.3 Å². The standard InChI is InChI=1S/C22H38O2/c1-4-5-11-15-20(2)17-14-18-21(3)16-12-9-7-6-8-10-13-19-22(23)24/h9,12,17-18H,4-8,10-11,13-16,19H2,1-3H3,(H,23,24). The predicted octanol–water partition coefficient (Wildman–Crippen LogP) is 7.22. The Hall–Kier alpha value is -1.31. The van der Waals surface area contributed by atoms with Gasteiger partial charge in [0.2, 0.25) is 0 Å². The summed E-state index contributed by atoms with van der Waals surface area (Å²) in [6, 6.07) is 0. The van der Waals surface area contributed by atoms with Crippen molar-refractivity contribution in [2.45, 2.75) is 97.8 Å². The minimum atomic E-state index is -0.678. The molecule has 0 radical (unpaired) electrons. The van der Waals surface area contributed by atoms with Gasteiger partial charge in [0.15, 0.2) is 0 Å². The Morgan fingerprint density at radius 2 is 1.50 bits per heavy atom. The van der Waals surface area contributed by atoms with Crippen LogP contribution in [-0.2, 0) is 4.79 Å². The van der Waals surface area contributed by atoms with Crippen molar-refractivity contribution in [3.63, 3.8) is 0 Å². The summed E-state index contributed by atoms with van der Waals surface area (Å²) in [6.45, 7) is 6.70. The van der Waals surface area contributed by atoms with Crippen molar-refractivity contribution in [3.05, 3.63) is 35.5 Å². The van der Waals surface area contributed by atoms with Crippen LogP contribution in [0.4, 0.5) is 0 Å². The van der Waals surface area contributed by atoms with Crippen LogP contribution in [0.3, 0.4) is 0 Å². The smallest absolute Gasteiger partial charge is 0.303 e. The van der Waals surface area contributed by atoms with Crippen molar-refractivity contribution in [2.24, 2.45) is 0 Å². The lowest BCUT2D eigenvalue weighted by atomic mass is 10.1. The lowest BCUT2D eigenvalue weighted by Crippen LogP contribution is -1.93. The van der Waals surface area contributed by atoms with Crippen LogP contribution >= 0.6 is 0 Å². The van der Waals surface area contributed by atoms with Crippen LogP contribution in [0.1, 0.15) is 97.8 Å². The summed E-state index contributed by atoms with van der Waals surface area (Å²) in [5, 5.41) is 8.56. The summed E-state index contributed by atoms with van der Waals surface area (Å²) in [4.78, 5) is 10.4. The first-order chi connectivity index (χ1) is 11.6. The maximum absolute atomic E-state index is 10.4. The van der Waals surface area contributed by atoms with Gasteiger partial charge in [-0.1, -0.05) is 68.1 Å². The molecule has 0 aromatic rings. The maximum atomic E-state index is 10.4. The zero-order chi connectivity index (χ0) is 18.0. The predicted molar refractivity (Wildman–Crippen MR) is 105 cm³/mol. The minimum Gasteiger partial charge on any atom is -0.481 e. The van der Waals surface area contributed by atoms with Gasteiger partial charge in [0.1, 0.15) is 0 Å². The summed E-state index contributed by atoms with van der Waals surface area (Å²) >= 11 is 0. The van der Waals surface area contributed by atoms with Crippen molar-refractivity contribution in [1.29, 1.82) is 0 Å². The van der Waals surface area contributed by atoms with Crippen molar-refractivity contribution < 1.29 is 9.90 Å². The first-order valence-corrected chi connectivity index (χ1v) is 9.74. The molecule has 0 aliphatic rings. The van der Waals surface area contributed by atoms with Crippen LogP contribution in [0.5, 0.6) is 0 Å². The molecule has 0 fully saturated rings. The Balaban J connectivity index is 3.66. The number of hydrogen-bond acceptors (Lipinski definition) is 1. The molecule has 0 aliphatic heterocycles. The molecule has 0 amide bonds. The Bertz CT molecular complexity index is 402. The molecule has 0 atom stereocenters. The number of rotatable bonds is 15. The van der Waals surface area contributed by atoms with Gasteiger partial charge in [-0.15, -0.1) is 0 Å². The molecule has 24 heavy (non-hydrogen) atoms. The molecular formula is C22H38O2. The quantitative estimate of drug-likeness (QED) is 0.253. The summed E-state index contributed by atoms with van der Waals surface area (Å²) in [6.07, 6.45) is 22.1. The van der Waals surface area contributed by atoms with Crippen molar-refractivity contribution >= 4 is 5.97 Å². The Morgan fingerprint density at radius 1 is 0.833 bits per heavy atom. The highest BCUT2D eigenvalue weighted by Gasteiger charge is 1.95. The summed E-state index contributed by atoms with van der Waals surface area (Å²) < 4.78 is 0. The third-order valence-corrected chi connectivity index (χ3v) is 4.23. The number of aliphatic carboxylic acids is 1. The second kappa shape index (κ2) is 16.5. The third kappa shape index (κ3) is 17.1. The molecule has 0 aromatic carbocycles. The minimum absolute atomic E-state index is 0.312. The first kappa shape index (κ1) is 22.7. The van der Waals surface area contributed by atoms with Gasteiger partial charge < -0.3 is 5.11 Å². The van der Waals surface area contributed by atoms with Gasteiger partial charge in [-0.2, -0.15) is 0 Å². The molecule has 0 saturated heterocycles. The van der Waals surface area contributed by atoms with Crippen molar-refractivity contribution in [1.82, 2.24) is 0 Å². The summed E-state index contributed by atoms with van der Waals surface area (Å²) in [5.74, 6) is -0.678. The van der Waals surface area contributed by atoms with Crippen LogP contribution in [0.15, 0.2) is 35.5 Å². The largest absolute Gasteiger partial charge is 0.481 e. The van der Waals surface area contributed by atoms with Gasteiger partial charge >= 0.3 is 5.97 Å². The molecule has 0 rings (SSSR count). The lowest BCUT2D eigenvalue weighted by Gasteiger charge is -2.00. The van der Waals surface area contributed by atoms with E-state index in [1.165, 1.54) is 43.3 Å². The van der Waals surface area contributed by atoms with E-state index in [1.54, 1.807) is 0 Å². The number of unbranched alkanes of at least 4 members (excludes halogenated alkanes) is 6. The van der Waals surface area contributed by atoms with Crippen LogP contribution in [0, 0.1) is 0 Å². The fourth-order valence-corrected chi connectivity index (χ4v) is 2.58. The first-order valence-electron chi connectivity index (χ1n) is 9.74. The monoisotopic (exact) mass is 334 g/mol. The highest BCUT2D eigenvalue weighted by Crippen LogP contribution is 2.11. The fourth-order valence-electron chi connectivity index (χ4n) is 2.58. The van der Waals surface area contributed by atoms with Gasteiger partial charge in [0, 0.05) is 6.42 Å². The second-order valence-electron chi connectivity index (χ2n) is 6.82. The van der Waals surface area contributed by atoms with Crippen LogP contribution in [0.25, 0.3) is 0 Å². The van der Waals surface area contributed by atoms with Crippen molar-refractivity contribution in [2.75, 3.05) is 0 Å². The zero-order valence-electron chi connectivity index (χ0n) is 16.2. The second-order valence-corrected chi connectivity index (χ2v) is 6.82. The molecule has 0 spiro atoms. The average Bonchev–Trinajstić information content (AvgIpc) is 2.53. The molecule has 2 nitrogen and oxygen atoms in total. The van der Waals surface area contributed by atoms with E-state index >= 15 is 0 Å². The Kier molecular flexibility index (Phi) is 15.6. The Morgan fingerprint density at radius 3 is 2.21 bits per heavy atom. The lowest BCUT2D eigenvalue weighted by molar-refractivity contribution is -0.137. The van der Waals surface area contributed by atoms with Gasteiger partial charge in [-0.3, -0.25) is 4.79 Å². The number of hydrogen-bond donors (Lipinski definition) is 1. The van der Waals surface area contributed by atoms with Crippen LogP contribution < -0.4 is 0 Å². The molecule has 0 aliphatic carbocycles. The van der Waals surface area contributed by atoms with E-state index in [1.807, 2.05) is 0 Å². The van der Waals surface area contributed by atoms with E-state index in [4.69, 9.17) is 5.11 Å². The van der Waals surface area contributed by atoms with Gasteiger partial charge in [0.05, 0.1) is 0 Å². The fraction of sp³-hybridized carbons (Fsp3) is 0.682. The highest BCUT2D eigenvalue weighted by atomic mass is 16.4. The molecule has 0 bridgehead atoms. The number of carboxylic acid groups (broad SMARTS) is 1. The van der Waals surface area contributed by atoms with E-state index in [-0.39, 0.29) is 0 Å². The van der Waals surface area contributed by atoms with E-state index in [9.17, 15) is 4.79 Å². The maximum Gasteiger partial charge on any atom is 0.303 e. The van der Waals surface area contributed by atoms with E-state index < -0.39 is 5.97 Å². The summed E-state index contributed by atoms with van der Waals surface area (Å²) in [5.41, 5.74) is 2.95. The van der Waals surface area contributed by atoms with E-state index in [0.29, 0.717) is 6.42 Å². The number of allylic oxidation sites excluding steroid dienone is 6. The third-order valence-electron chi connectivity index (χ3n) is 4.23. The normalized spacial score (nSPS) is 13.0. The molecular weight excluding hydrogens is 296 g/mol. The molecule has 0 aromatic heterocycles. The molecule has 0 unspecified atom stereocenters. The summed E-state index contributed by atoms with van der Waals surface area (Å²) in [7, 11) is 0. The van der Waals surface area contributed by atoms with E-state index in [0.717, 1.165) is 38.5 Å². The molecule has 0 heterocycles. The molecule has 0 saturated carbocycles. The molecule has 138 valence electrons. The Labute approximate surface area is 149 Å².